The molecule has 0 radical (unpaired) electrons. The van der Waals surface area contributed by atoms with Crippen molar-refractivity contribution in [1.29, 1.82) is 5.26 Å². The Kier molecular flexibility index (Phi) is 3.88. The number of hydrogen-bond donors (Lipinski definition) is 1. The number of benzene rings is 1. The van der Waals surface area contributed by atoms with Crippen LogP contribution in [0.25, 0.3) is 11.1 Å². The molecule has 110 valence electrons. The maximum Gasteiger partial charge on any atom is 0.220 e. The van der Waals surface area contributed by atoms with E-state index in [0.29, 0.717) is 12.0 Å². The number of nitriles is 1. The number of carbonyl (C=O) groups is 1. The first-order valence-corrected chi connectivity index (χ1v) is 7.49. The molecular weight excluding hydrogens is 274 g/mol. The number of fused-ring (bicyclic) bond motifs is 1. The molecule has 1 atom stereocenters. The zero-order chi connectivity index (χ0) is 15.5. The second-order valence-electron chi connectivity index (χ2n) is 5.46. The molecule has 0 saturated carbocycles. The van der Waals surface area contributed by atoms with E-state index in [-0.39, 0.29) is 11.9 Å². The lowest BCUT2D eigenvalue weighted by molar-refractivity contribution is -0.121. The first kappa shape index (κ1) is 14.3. The standard InChI is InChI=1S/C18H17N3O/c1-2-18(22)21-17-8-7-14-15(10-20-11-16(14)17)13-5-3-12(9-19)4-6-13/h3-6,10-11,17H,2,7-8H2,1H3,(H,21,22). The van der Waals surface area contributed by atoms with Crippen LogP contribution in [0.2, 0.25) is 0 Å². The van der Waals surface area contributed by atoms with Crippen LogP contribution in [-0.4, -0.2) is 10.9 Å². The summed E-state index contributed by atoms with van der Waals surface area (Å²) in [6, 6.07) is 9.74. The summed E-state index contributed by atoms with van der Waals surface area (Å²) in [4.78, 5) is 16.0. The first-order chi connectivity index (χ1) is 10.7. The fraction of sp³-hybridized carbons (Fsp3) is 0.278. The zero-order valence-electron chi connectivity index (χ0n) is 12.5. The van der Waals surface area contributed by atoms with E-state index in [4.69, 9.17) is 5.26 Å². The summed E-state index contributed by atoms with van der Waals surface area (Å²) in [5.41, 5.74) is 5.17. The summed E-state index contributed by atoms with van der Waals surface area (Å²) in [5.74, 6) is 0.0710. The Balaban J connectivity index is 1.95. The second-order valence-corrected chi connectivity index (χ2v) is 5.46. The Morgan fingerprint density at radius 1 is 1.36 bits per heavy atom. The van der Waals surface area contributed by atoms with Gasteiger partial charge < -0.3 is 5.32 Å². The Labute approximate surface area is 129 Å². The van der Waals surface area contributed by atoms with Gasteiger partial charge in [0.15, 0.2) is 0 Å². The van der Waals surface area contributed by atoms with E-state index in [9.17, 15) is 4.79 Å². The monoisotopic (exact) mass is 291 g/mol. The minimum Gasteiger partial charge on any atom is -0.349 e. The average Bonchev–Trinajstić information content (AvgIpc) is 2.98. The van der Waals surface area contributed by atoms with Crippen LogP contribution in [0.1, 0.15) is 42.5 Å². The summed E-state index contributed by atoms with van der Waals surface area (Å²) >= 11 is 0. The number of aromatic nitrogens is 1. The second kappa shape index (κ2) is 5.98. The van der Waals surface area contributed by atoms with Crippen molar-refractivity contribution in [1.82, 2.24) is 10.3 Å². The Bertz CT molecular complexity index is 744. The lowest BCUT2D eigenvalue weighted by Crippen LogP contribution is -2.26. The van der Waals surface area contributed by atoms with E-state index in [1.54, 1.807) is 0 Å². The highest BCUT2D eigenvalue weighted by Crippen LogP contribution is 2.37. The van der Waals surface area contributed by atoms with E-state index in [2.05, 4.69) is 16.4 Å². The molecule has 1 N–H and O–H groups in total. The highest BCUT2D eigenvalue weighted by molar-refractivity contribution is 5.77. The highest BCUT2D eigenvalue weighted by atomic mass is 16.1. The fourth-order valence-electron chi connectivity index (χ4n) is 2.95. The van der Waals surface area contributed by atoms with Gasteiger partial charge in [-0.25, -0.2) is 0 Å². The van der Waals surface area contributed by atoms with E-state index < -0.39 is 0 Å². The van der Waals surface area contributed by atoms with Crippen molar-refractivity contribution < 1.29 is 4.79 Å². The lowest BCUT2D eigenvalue weighted by atomic mass is 9.98. The Hall–Kier alpha value is -2.67. The van der Waals surface area contributed by atoms with Crippen LogP contribution in [0.4, 0.5) is 0 Å². The van der Waals surface area contributed by atoms with Gasteiger partial charge in [-0.3, -0.25) is 9.78 Å². The van der Waals surface area contributed by atoms with Crippen molar-refractivity contribution in [2.45, 2.75) is 32.2 Å². The van der Waals surface area contributed by atoms with Crippen LogP contribution < -0.4 is 5.32 Å². The molecular formula is C18H17N3O. The number of carbonyl (C=O) groups excluding carboxylic acids is 1. The minimum absolute atomic E-state index is 0.0632. The van der Waals surface area contributed by atoms with Crippen LogP contribution in [0.3, 0.4) is 0 Å². The molecule has 3 rings (SSSR count). The predicted octanol–water partition coefficient (Wildman–Crippen LogP) is 3.13. The number of pyridine rings is 1. The van der Waals surface area contributed by atoms with Gasteiger partial charge >= 0.3 is 0 Å². The molecule has 1 aromatic heterocycles. The van der Waals surface area contributed by atoms with Crippen molar-refractivity contribution in [2.75, 3.05) is 0 Å². The summed E-state index contributed by atoms with van der Waals surface area (Å²) < 4.78 is 0. The molecule has 1 heterocycles. The topological polar surface area (TPSA) is 65.8 Å². The van der Waals surface area contributed by atoms with Gasteiger partial charge in [0.05, 0.1) is 17.7 Å². The Morgan fingerprint density at radius 2 is 2.14 bits per heavy atom. The van der Waals surface area contributed by atoms with E-state index in [1.807, 2.05) is 43.6 Å². The van der Waals surface area contributed by atoms with E-state index in [0.717, 1.165) is 29.5 Å². The third-order valence-electron chi connectivity index (χ3n) is 4.13. The normalized spacial score (nSPS) is 15.9. The molecule has 1 aromatic carbocycles. The van der Waals surface area contributed by atoms with Crippen LogP contribution in [0, 0.1) is 11.3 Å². The number of rotatable bonds is 3. The molecule has 22 heavy (non-hydrogen) atoms. The van der Waals surface area contributed by atoms with Gasteiger partial charge in [0.1, 0.15) is 0 Å². The zero-order valence-corrected chi connectivity index (χ0v) is 12.5. The van der Waals surface area contributed by atoms with Crippen molar-refractivity contribution >= 4 is 5.91 Å². The van der Waals surface area contributed by atoms with Gasteiger partial charge in [0.2, 0.25) is 5.91 Å². The Morgan fingerprint density at radius 3 is 2.82 bits per heavy atom. The maximum atomic E-state index is 11.6. The fourth-order valence-corrected chi connectivity index (χ4v) is 2.95. The molecule has 1 amide bonds. The number of nitrogens with one attached hydrogen (secondary N) is 1. The number of nitrogens with zero attached hydrogens (tertiary/aromatic N) is 2. The van der Waals surface area contributed by atoms with Crippen molar-refractivity contribution in [3.05, 3.63) is 53.3 Å². The average molecular weight is 291 g/mol. The predicted molar refractivity (Wildman–Crippen MR) is 83.9 cm³/mol. The smallest absolute Gasteiger partial charge is 0.220 e. The van der Waals surface area contributed by atoms with Crippen molar-refractivity contribution in [2.24, 2.45) is 0 Å². The summed E-state index contributed by atoms with van der Waals surface area (Å²) in [6.07, 6.45) is 6.06. The molecule has 0 saturated heterocycles. The van der Waals surface area contributed by atoms with Crippen LogP contribution in [-0.2, 0) is 11.2 Å². The van der Waals surface area contributed by atoms with Gasteiger partial charge in [-0.1, -0.05) is 19.1 Å². The van der Waals surface area contributed by atoms with Gasteiger partial charge in [-0.15, -0.1) is 0 Å². The molecule has 0 bridgehead atoms. The third-order valence-corrected chi connectivity index (χ3v) is 4.13. The summed E-state index contributed by atoms with van der Waals surface area (Å²) in [5, 5.41) is 12.0. The van der Waals surface area contributed by atoms with E-state index in [1.165, 1.54) is 5.56 Å². The molecule has 1 unspecified atom stereocenters. The third kappa shape index (κ3) is 2.58. The highest BCUT2D eigenvalue weighted by Gasteiger charge is 2.26. The van der Waals surface area contributed by atoms with Crippen LogP contribution in [0.5, 0.6) is 0 Å². The number of hydrogen-bond acceptors (Lipinski definition) is 3. The van der Waals surface area contributed by atoms with Gasteiger partial charge in [0, 0.05) is 24.4 Å². The van der Waals surface area contributed by atoms with Crippen molar-refractivity contribution in [3.63, 3.8) is 0 Å². The molecule has 0 fully saturated rings. The SMILES string of the molecule is CCC(=O)NC1CCc2c(-c3ccc(C#N)cc3)cncc21. The van der Waals surface area contributed by atoms with E-state index >= 15 is 0 Å². The molecule has 4 heteroatoms. The van der Waals surface area contributed by atoms with Crippen LogP contribution in [0.15, 0.2) is 36.7 Å². The molecule has 1 aliphatic rings. The molecule has 1 aliphatic carbocycles. The van der Waals surface area contributed by atoms with Crippen molar-refractivity contribution in [3.8, 4) is 17.2 Å². The lowest BCUT2D eigenvalue weighted by Gasteiger charge is -2.14. The minimum atomic E-state index is 0.0632. The largest absolute Gasteiger partial charge is 0.349 e. The van der Waals surface area contributed by atoms with Crippen LogP contribution >= 0.6 is 0 Å². The molecule has 0 spiro atoms. The van der Waals surface area contributed by atoms with Gasteiger partial charge in [0.25, 0.3) is 0 Å². The first-order valence-electron chi connectivity index (χ1n) is 7.49. The maximum absolute atomic E-state index is 11.6. The summed E-state index contributed by atoms with van der Waals surface area (Å²) in [6.45, 7) is 1.86. The molecule has 2 aromatic rings. The quantitative estimate of drug-likeness (QED) is 0.944. The van der Waals surface area contributed by atoms with Gasteiger partial charge in [-0.2, -0.15) is 5.26 Å². The van der Waals surface area contributed by atoms with Gasteiger partial charge in [-0.05, 0) is 41.7 Å². The summed E-state index contributed by atoms with van der Waals surface area (Å²) in [7, 11) is 0. The number of amides is 1. The molecule has 4 nitrogen and oxygen atoms in total. The molecule has 0 aliphatic heterocycles.